The normalized spacial score (nSPS) is 21.3. The molecule has 142 valence electrons. The Kier molecular flexibility index (Phi) is 4.35. The molecule has 5 nitrogen and oxygen atoms in total. The molecule has 2 aromatic rings. The van der Waals surface area contributed by atoms with Crippen molar-refractivity contribution in [1.82, 2.24) is 5.32 Å². The van der Waals surface area contributed by atoms with E-state index >= 15 is 0 Å². The molecule has 1 saturated heterocycles. The molecule has 1 unspecified atom stereocenters. The minimum atomic E-state index is -3.37. The molecule has 0 bridgehead atoms. The number of hydrogen-bond donors (Lipinski definition) is 1. The summed E-state index contributed by atoms with van der Waals surface area (Å²) in [4.78, 5) is 13.6. The number of carbonyl (C=O) groups is 1. The summed E-state index contributed by atoms with van der Waals surface area (Å²) in [5.41, 5.74) is 3.06. The molecular weight excluding hydrogens is 360 g/mol. The number of carbonyl (C=O) groups excluding carboxylic acids is 1. The smallest absolute Gasteiger partial charge is 0.169 e. The zero-order valence-corrected chi connectivity index (χ0v) is 16.4. The molecular formula is C21H24N2O3S. The average molecular weight is 385 g/mol. The van der Waals surface area contributed by atoms with E-state index in [1.54, 1.807) is 12.1 Å². The topological polar surface area (TPSA) is 66.5 Å². The van der Waals surface area contributed by atoms with E-state index in [1.807, 2.05) is 35.2 Å². The van der Waals surface area contributed by atoms with Gasteiger partial charge in [0.15, 0.2) is 15.6 Å². The van der Waals surface area contributed by atoms with Gasteiger partial charge in [0.2, 0.25) is 0 Å². The molecule has 1 atom stereocenters. The van der Waals surface area contributed by atoms with E-state index in [4.69, 9.17) is 0 Å². The van der Waals surface area contributed by atoms with Crippen LogP contribution in [0, 0.1) is 0 Å². The van der Waals surface area contributed by atoms with Gasteiger partial charge in [-0.05, 0) is 68.8 Å². The van der Waals surface area contributed by atoms with Gasteiger partial charge in [0.1, 0.15) is 5.37 Å². The highest BCUT2D eigenvalue weighted by Crippen LogP contribution is 2.54. The lowest BCUT2D eigenvalue weighted by Gasteiger charge is -2.41. The van der Waals surface area contributed by atoms with Crippen molar-refractivity contribution in [2.24, 2.45) is 0 Å². The van der Waals surface area contributed by atoms with Crippen molar-refractivity contribution in [2.45, 2.75) is 30.6 Å². The van der Waals surface area contributed by atoms with Crippen molar-refractivity contribution >= 4 is 27.0 Å². The Hall–Kier alpha value is -2.18. The summed E-state index contributed by atoms with van der Waals surface area (Å²) in [7, 11) is -3.37. The first kappa shape index (κ1) is 18.2. The number of ketones is 1. The van der Waals surface area contributed by atoms with Crippen LogP contribution in [-0.4, -0.2) is 38.9 Å². The van der Waals surface area contributed by atoms with E-state index < -0.39 is 20.6 Å². The van der Waals surface area contributed by atoms with Gasteiger partial charge in [0, 0.05) is 28.6 Å². The fourth-order valence-corrected chi connectivity index (χ4v) is 6.53. The number of nitrogens with one attached hydrogen (secondary N) is 1. The van der Waals surface area contributed by atoms with Gasteiger partial charge in [-0.3, -0.25) is 4.79 Å². The van der Waals surface area contributed by atoms with E-state index in [0.717, 1.165) is 42.9 Å². The molecule has 2 aliphatic heterocycles. The lowest BCUT2D eigenvalue weighted by molar-refractivity contribution is 0.101. The van der Waals surface area contributed by atoms with Crippen molar-refractivity contribution in [3.8, 4) is 0 Å². The minimum Gasteiger partial charge on any atom is -0.323 e. The SMILES string of the molecule is CC(=O)c1ccc(N2c3ccccc3C3(CCNCC3)C2S(C)(=O)=O)cc1. The summed E-state index contributed by atoms with van der Waals surface area (Å²) >= 11 is 0. The monoisotopic (exact) mass is 384 g/mol. The van der Waals surface area contributed by atoms with Gasteiger partial charge in [-0.25, -0.2) is 8.42 Å². The molecule has 0 aliphatic carbocycles. The molecule has 2 aromatic carbocycles. The third-order valence-electron chi connectivity index (χ3n) is 5.86. The van der Waals surface area contributed by atoms with Crippen LogP contribution < -0.4 is 10.2 Å². The number of sulfone groups is 1. The maximum absolute atomic E-state index is 13.0. The van der Waals surface area contributed by atoms with E-state index in [2.05, 4.69) is 11.4 Å². The highest BCUT2D eigenvalue weighted by molar-refractivity contribution is 7.91. The molecule has 0 radical (unpaired) electrons. The molecule has 1 spiro atoms. The van der Waals surface area contributed by atoms with Gasteiger partial charge < -0.3 is 10.2 Å². The van der Waals surface area contributed by atoms with Gasteiger partial charge >= 0.3 is 0 Å². The number of anilines is 2. The van der Waals surface area contributed by atoms with Crippen LogP contribution >= 0.6 is 0 Å². The van der Waals surface area contributed by atoms with Crippen molar-refractivity contribution in [1.29, 1.82) is 0 Å². The van der Waals surface area contributed by atoms with Crippen LogP contribution in [0.3, 0.4) is 0 Å². The van der Waals surface area contributed by atoms with Crippen LogP contribution in [0.2, 0.25) is 0 Å². The fraction of sp³-hybridized carbons (Fsp3) is 0.381. The first-order valence-electron chi connectivity index (χ1n) is 9.24. The molecule has 2 aliphatic rings. The molecule has 1 N–H and O–H groups in total. The molecule has 27 heavy (non-hydrogen) atoms. The Morgan fingerprint density at radius 1 is 1.07 bits per heavy atom. The van der Waals surface area contributed by atoms with Crippen molar-refractivity contribution < 1.29 is 13.2 Å². The number of benzene rings is 2. The quantitative estimate of drug-likeness (QED) is 0.824. The zero-order chi connectivity index (χ0) is 19.2. The summed E-state index contributed by atoms with van der Waals surface area (Å²) in [5, 5.41) is 2.72. The molecule has 2 heterocycles. The lowest BCUT2D eigenvalue weighted by atomic mass is 9.74. The Labute approximate surface area is 160 Å². The molecule has 6 heteroatoms. The second-order valence-corrected chi connectivity index (χ2v) is 9.68. The number of fused-ring (bicyclic) bond motifs is 2. The van der Waals surface area contributed by atoms with Crippen molar-refractivity contribution in [3.63, 3.8) is 0 Å². The largest absolute Gasteiger partial charge is 0.323 e. The maximum Gasteiger partial charge on any atom is 0.169 e. The summed E-state index contributed by atoms with van der Waals surface area (Å²) in [6.07, 6.45) is 2.90. The van der Waals surface area contributed by atoms with E-state index in [1.165, 1.54) is 13.2 Å². The van der Waals surface area contributed by atoms with Gasteiger partial charge in [0.05, 0.1) is 0 Å². The third kappa shape index (κ3) is 2.87. The Morgan fingerprint density at radius 3 is 2.30 bits per heavy atom. The van der Waals surface area contributed by atoms with E-state index in [-0.39, 0.29) is 5.78 Å². The average Bonchev–Trinajstić information content (AvgIpc) is 2.93. The van der Waals surface area contributed by atoms with Crippen molar-refractivity contribution in [3.05, 3.63) is 59.7 Å². The standard InChI is InChI=1S/C21H24N2O3S/c1-15(24)16-7-9-17(10-8-16)23-19-6-4-3-5-18(19)21(11-13-22-14-12-21)20(23)27(2,25)26/h3-10,20,22H,11-14H2,1-2H3. The highest BCUT2D eigenvalue weighted by atomic mass is 32.2. The van der Waals surface area contributed by atoms with Gasteiger partial charge in [-0.2, -0.15) is 0 Å². The second kappa shape index (κ2) is 6.46. The van der Waals surface area contributed by atoms with E-state index in [9.17, 15) is 13.2 Å². The van der Waals surface area contributed by atoms with Crippen LogP contribution in [0.1, 0.15) is 35.7 Å². The first-order valence-corrected chi connectivity index (χ1v) is 11.2. The van der Waals surface area contributed by atoms with Crippen LogP contribution in [0.25, 0.3) is 0 Å². The Balaban J connectivity index is 1.92. The van der Waals surface area contributed by atoms with Crippen LogP contribution in [-0.2, 0) is 15.3 Å². The molecule has 0 saturated carbocycles. The minimum absolute atomic E-state index is 0.00198. The van der Waals surface area contributed by atoms with Crippen LogP contribution in [0.4, 0.5) is 11.4 Å². The number of para-hydroxylation sites is 1. The summed E-state index contributed by atoms with van der Waals surface area (Å²) in [6.45, 7) is 3.14. The van der Waals surface area contributed by atoms with Crippen molar-refractivity contribution in [2.75, 3.05) is 24.2 Å². The predicted octanol–water partition coefficient (Wildman–Crippen LogP) is 3.03. The van der Waals surface area contributed by atoms with Crippen LogP contribution in [0.15, 0.2) is 48.5 Å². The Morgan fingerprint density at radius 2 is 1.70 bits per heavy atom. The number of rotatable bonds is 3. The maximum atomic E-state index is 13.0. The molecule has 0 amide bonds. The number of hydrogen-bond acceptors (Lipinski definition) is 5. The Bertz CT molecular complexity index is 977. The summed E-state index contributed by atoms with van der Waals surface area (Å²) in [6, 6.07) is 15.3. The first-order chi connectivity index (χ1) is 12.8. The predicted molar refractivity (Wildman–Crippen MR) is 107 cm³/mol. The molecule has 4 rings (SSSR count). The summed E-state index contributed by atoms with van der Waals surface area (Å²) in [5.74, 6) is -0.00198. The molecule has 0 aromatic heterocycles. The second-order valence-electron chi connectivity index (χ2n) is 7.58. The van der Waals surface area contributed by atoms with Crippen LogP contribution in [0.5, 0.6) is 0 Å². The van der Waals surface area contributed by atoms with Gasteiger partial charge in [0.25, 0.3) is 0 Å². The highest BCUT2D eigenvalue weighted by Gasteiger charge is 2.56. The lowest BCUT2D eigenvalue weighted by Crippen LogP contribution is -2.52. The third-order valence-corrected chi connectivity index (χ3v) is 7.33. The van der Waals surface area contributed by atoms with E-state index in [0.29, 0.717) is 5.56 Å². The number of nitrogens with zero attached hydrogens (tertiary/aromatic N) is 1. The van der Waals surface area contributed by atoms with Gasteiger partial charge in [-0.1, -0.05) is 18.2 Å². The fourth-order valence-electron chi connectivity index (χ4n) is 4.73. The van der Waals surface area contributed by atoms with Gasteiger partial charge in [-0.15, -0.1) is 0 Å². The zero-order valence-electron chi connectivity index (χ0n) is 15.6. The summed E-state index contributed by atoms with van der Waals surface area (Å²) < 4.78 is 26.0. The molecule has 1 fully saturated rings. The number of piperidine rings is 1. The number of Topliss-reactive ketones (excluding diaryl/α,β-unsaturated/α-hetero) is 1.